The minimum Gasteiger partial charge on any atom is -0.504 e. The van der Waals surface area contributed by atoms with E-state index in [1.54, 1.807) is 26.0 Å². The van der Waals surface area contributed by atoms with Gasteiger partial charge < -0.3 is 15.2 Å². The Balaban J connectivity index is 3.06. The number of rotatable bonds is 5. The molecule has 0 aliphatic heterocycles. The van der Waals surface area contributed by atoms with Crippen molar-refractivity contribution >= 4 is 12.0 Å². The summed E-state index contributed by atoms with van der Waals surface area (Å²) in [7, 11) is 0. The number of ether oxygens (including phenoxy) is 1. The number of likely N-dealkylation sites (N-methyl/N-ethyl adjacent to an activating group) is 1. The molecule has 0 spiro atoms. The van der Waals surface area contributed by atoms with Gasteiger partial charge in [-0.1, -0.05) is 6.07 Å². The van der Waals surface area contributed by atoms with Crippen LogP contribution in [-0.2, 0) is 4.79 Å². The molecule has 1 aromatic rings. The van der Waals surface area contributed by atoms with Gasteiger partial charge in [0, 0.05) is 6.54 Å². The Morgan fingerprint density at radius 2 is 2.26 bits per heavy atom. The number of hydrogen-bond acceptors (Lipinski definition) is 4. The summed E-state index contributed by atoms with van der Waals surface area (Å²) in [6.45, 7) is 4.46. The highest BCUT2D eigenvalue weighted by Crippen LogP contribution is 2.27. The number of hydrogen-bond donors (Lipinski definition) is 2. The minimum atomic E-state index is -0.420. The lowest BCUT2D eigenvalue weighted by Gasteiger charge is -2.06. The average Bonchev–Trinajstić information content (AvgIpc) is 2.40. The van der Waals surface area contributed by atoms with E-state index >= 15 is 0 Å². The largest absolute Gasteiger partial charge is 0.504 e. The summed E-state index contributed by atoms with van der Waals surface area (Å²) in [5.74, 6) is -0.0732. The van der Waals surface area contributed by atoms with Crippen molar-refractivity contribution in [1.29, 1.82) is 5.26 Å². The highest BCUT2D eigenvalue weighted by atomic mass is 16.5. The lowest BCUT2D eigenvalue weighted by atomic mass is 10.1. The minimum absolute atomic E-state index is 0.00925. The van der Waals surface area contributed by atoms with E-state index in [2.05, 4.69) is 5.32 Å². The molecule has 5 heteroatoms. The Hall–Kier alpha value is -2.48. The number of nitriles is 1. The summed E-state index contributed by atoms with van der Waals surface area (Å²) in [6, 6.07) is 6.49. The van der Waals surface area contributed by atoms with Gasteiger partial charge in [-0.25, -0.2) is 0 Å². The molecule has 0 aliphatic rings. The van der Waals surface area contributed by atoms with E-state index in [9.17, 15) is 9.90 Å². The van der Waals surface area contributed by atoms with E-state index in [1.807, 2.05) is 6.07 Å². The molecular formula is C14H16N2O3. The second kappa shape index (κ2) is 7.07. The molecule has 0 bridgehead atoms. The second-order valence-corrected chi connectivity index (χ2v) is 3.69. The Morgan fingerprint density at radius 3 is 2.84 bits per heavy atom. The summed E-state index contributed by atoms with van der Waals surface area (Å²) in [4.78, 5) is 11.6. The van der Waals surface area contributed by atoms with Crippen LogP contribution in [0.4, 0.5) is 0 Å². The fourth-order valence-electron chi connectivity index (χ4n) is 1.46. The van der Waals surface area contributed by atoms with E-state index in [4.69, 9.17) is 10.00 Å². The van der Waals surface area contributed by atoms with E-state index < -0.39 is 5.91 Å². The number of nitrogens with one attached hydrogen (secondary N) is 1. The fraction of sp³-hybridized carbons (Fsp3) is 0.286. The summed E-state index contributed by atoms with van der Waals surface area (Å²) in [6.07, 6.45) is 1.45. The normalized spacial score (nSPS) is 10.7. The maximum atomic E-state index is 11.6. The molecule has 0 saturated carbocycles. The molecule has 1 rings (SSSR count). The molecule has 0 saturated heterocycles. The van der Waals surface area contributed by atoms with Crippen molar-refractivity contribution in [2.75, 3.05) is 13.2 Å². The van der Waals surface area contributed by atoms with Gasteiger partial charge in [0.2, 0.25) is 0 Å². The molecule has 0 heterocycles. The number of benzene rings is 1. The first kappa shape index (κ1) is 14.6. The summed E-state index contributed by atoms with van der Waals surface area (Å²) >= 11 is 0. The van der Waals surface area contributed by atoms with Gasteiger partial charge in [-0.15, -0.1) is 0 Å². The smallest absolute Gasteiger partial charge is 0.261 e. The van der Waals surface area contributed by atoms with E-state index in [0.717, 1.165) is 0 Å². The van der Waals surface area contributed by atoms with Crippen LogP contribution in [0.25, 0.3) is 6.08 Å². The molecule has 0 unspecified atom stereocenters. The second-order valence-electron chi connectivity index (χ2n) is 3.69. The van der Waals surface area contributed by atoms with Crippen LogP contribution < -0.4 is 10.1 Å². The molecule has 0 aromatic heterocycles. The van der Waals surface area contributed by atoms with Crippen molar-refractivity contribution in [3.05, 3.63) is 29.3 Å². The van der Waals surface area contributed by atoms with Gasteiger partial charge in [0.15, 0.2) is 11.5 Å². The van der Waals surface area contributed by atoms with Gasteiger partial charge in [-0.2, -0.15) is 5.26 Å². The summed E-state index contributed by atoms with van der Waals surface area (Å²) < 4.78 is 5.24. The fourth-order valence-corrected chi connectivity index (χ4v) is 1.46. The number of amides is 1. The summed E-state index contributed by atoms with van der Waals surface area (Å²) in [5, 5.41) is 21.1. The van der Waals surface area contributed by atoms with Crippen molar-refractivity contribution in [3.63, 3.8) is 0 Å². The third kappa shape index (κ3) is 4.03. The first-order valence-corrected chi connectivity index (χ1v) is 5.98. The Kier molecular flexibility index (Phi) is 5.42. The third-order valence-corrected chi connectivity index (χ3v) is 2.30. The number of phenols is 1. The maximum absolute atomic E-state index is 11.6. The van der Waals surface area contributed by atoms with Crippen molar-refractivity contribution in [2.45, 2.75) is 13.8 Å². The van der Waals surface area contributed by atoms with Crippen LogP contribution >= 0.6 is 0 Å². The van der Waals surface area contributed by atoms with Crippen LogP contribution in [0, 0.1) is 11.3 Å². The zero-order chi connectivity index (χ0) is 14.3. The van der Waals surface area contributed by atoms with Gasteiger partial charge in [0.25, 0.3) is 5.91 Å². The van der Waals surface area contributed by atoms with Crippen LogP contribution in [0.2, 0.25) is 0 Å². The van der Waals surface area contributed by atoms with Crippen LogP contribution in [0.5, 0.6) is 11.5 Å². The van der Waals surface area contributed by atoms with Gasteiger partial charge in [-0.3, -0.25) is 4.79 Å². The Morgan fingerprint density at radius 1 is 1.53 bits per heavy atom. The van der Waals surface area contributed by atoms with Crippen LogP contribution in [0.15, 0.2) is 23.8 Å². The van der Waals surface area contributed by atoms with Crippen LogP contribution in [0.3, 0.4) is 0 Å². The standard InChI is InChI=1S/C14H16N2O3/c1-3-16-14(18)11(9-15)7-10-5-6-12(17)13(8-10)19-4-2/h5-8,17H,3-4H2,1-2H3,(H,16,18)/b11-7-. The predicted molar refractivity (Wildman–Crippen MR) is 71.5 cm³/mol. The molecule has 100 valence electrons. The maximum Gasteiger partial charge on any atom is 0.261 e. The van der Waals surface area contributed by atoms with Crippen molar-refractivity contribution in [2.24, 2.45) is 0 Å². The van der Waals surface area contributed by atoms with Crippen molar-refractivity contribution in [3.8, 4) is 17.6 Å². The van der Waals surface area contributed by atoms with Crippen molar-refractivity contribution < 1.29 is 14.6 Å². The Labute approximate surface area is 112 Å². The number of nitrogens with zero attached hydrogens (tertiary/aromatic N) is 1. The highest BCUT2D eigenvalue weighted by molar-refractivity contribution is 6.01. The third-order valence-electron chi connectivity index (χ3n) is 2.30. The quantitative estimate of drug-likeness (QED) is 0.625. The first-order valence-electron chi connectivity index (χ1n) is 5.98. The molecule has 5 nitrogen and oxygen atoms in total. The molecule has 19 heavy (non-hydrogen) atoms. The van der Waals surface area contributed by atoms with Crippen molar-refractivity contribution in [1.82, 2.24) is 5.32 Å². The van der Waals surface area contributed by atoms with Crippen LogP contribution in [0.1, 0.15) is 19.4 Å². The van der Waals surface area contributed by atoms with Gasteiger partial charge in [0.05, 0.1) is 6.61 Å². The monoisotopic (exact) mass is 260 g/mol. The first-order chi connectivity index (χ1) is 9.12. The molecule has 0 fully saturated rings. The molecule has 1 aromatic carbocycles. The zero-order valence-corrected chi connectivity index (χ0v) is 10.9. The number of aromatic hydroxyl groups is 1. The number of carbonyl (C=O) groups is 1. The lowest BCUT2D eigenvalue weighted by molar-refractivity contribution is -0.116. The topological polar surface area (TPSA) is 82.4 Å². The average molecular weight is 260 g/mol. The molecular weight excluding hydrogens is 244 g/mol. The van der Waals surface area contributed by atoms with E-state index in [0.29, 0.717) is 24.5 Å². The van der Waals surface area contributed by atoms with Gasteiger partial charge >= 0.3 is 0 Å². The van der Waals surface area contributed by atoms with Gasteiger partial charge in [-0.05, 0) is 37.6 Å². The molecule has 0 atom stereocenters. The SMILES string of the molecule is CCNC(=O)/C(C#N)=C\c1ccc(O)c(OCC)c1. The number of phenolic OH excluding ortho intramolecular Hbond substituents is 1. The summed E-state index contributed by atoms with van der Waals surface area (Å²) in [5.41, 5.74) is 0.624. The zero-order valence-electron chi connectivity index (χ0n) is 10.9. The van der Waals surface area contributed by atoms with Gasteiger partial charge in [0.1, 0.15) is 11.6 Å². The lowest BCUT2D eigenvalue weighted by Crippen LogP contribution is -2.23. The van der Waals surface area contributed by atoms with E-state index in [1.165, 1.54) is 12.1 Å². The highest BCUT2D eigenvalue weighted by Gasteiger charge is 2.08. The molecule has 1 amide bonds. The van der Waals surface area contributed by atoms with Crippen LogP contribution in [-0.4, -0.2) is 24.2 Å². The molecule has 0 radical (unpaired) electrons. The van der Waals surface area contributed by atoms with E-state index in [-0.39, 0.29) is 11.3 Å². The molecule has 0 aliphatic carbocycles. The predicted octanol–water partition coefficient (Wildman–Crippen LogP) is 1.83. The Bertz CT molecular complexity index is 530. The number of carbonyl (C=O) groups excluding carboxylic acids is 1. The molecule has 2 N–H and O–H groups in total.